The number of carbonyl (C=O) groups excluding carboxylic acids is 1. The van der Waals surface area contributed by atoms with Gasteiger partial charge in [0.05, 0.1) is 22.3 Å². The van der Waals surface area contributed by atoms with E-state index in [1.165, 1.54) is 18.2 Å². The van der Waals surface area contributed by atoms with Crippen LogP contribution in [0.25, 0.3) is 0 Å². The third-order valence-corrected chi connectivity index (χ3v) is 4.10. The molecule has 0 saturated carbocycles. The predicted molar refractivity (Wildman–Crippen MR) is 68.9 cm³/mol. The van der Waals surface area contributed by atoms with E-state index in [4.69, 9.17) is 0 Å². The number of amides is 1. The Morgan fingerprint density at radius 1 is 1.45 bits per heavy atom. The van der Waals surface area contributed by atoms with Gasteiger partial charge in [0.25, 0.3) is 5.91 Å². The molecule has 9 heteroatoms. The van der Waals surface area contributed by atoms with Crippen LogP contribution in [0.15, 0.2) is 29.7 Å². The normalized spacial score (nSPS) is 19.7. The van der Waals surface area contributed by atoms with Gasteiger partial charge in [-0.3, -0.25) is 14.9 Å². The Morgan fingerprint density at radius 2 is 2.15 bits per heavy atom. The number of sulfone groups is 1. The molecule has 0 bridgehead atoms. The second-order valence-electron chi connectivity index (χ2n) is 4.17. The summed E-state index contributed by atoms with van der Waals surface area (Å²) in [6.07, 6.45) is 1.31. The monoisotopic (exact) mass is 298 g/mol. The van der Waals surface area contributed by atoms with Crippen molar-refractivity contribution in [3.8, 4) is 5.75 Å². The topological polar surface area (TPSA) is 127 Å². The Balaban J connectivity index is 2.21. The Morgan fingerprint density at radius 3 is 2.70 bits per heavy atom. The first-order chi connectivity index (χ1) is 9.30. The molecular formula is C11H10N2O6S. The van der Waals surface area contributed by atoms with Crippen LogP contribution in [0.1, 0.15) is 10.4 Å². The van der Waals surface area contributed by atoms with Crippen LogP contribution in [0, 0.1) is 10.1 Å². The third kappa shape index (κ3) is 2.77. The average Bonchev–Trinajstić information content (AvgIpc) is 2.68. The summed E-state index contributed by atoms with van der Waals surface area (Å²) in [7, 11) is -3.32. The van der Waals surface area contributed by atoms with Crippen LogP contribution in [-0.4, -0.2) is 36.1 Å². The highest BCUT2D eigenvalue weighted by Crippen LogP contribution is 2.29. The van der Waals surface area contributed by atoms with Crippen LogP contribution in [-0.2, 0) is 9.84 Å². The van der Waals surface area contributed by atoms with Gasteiger partial charge in [-0.05, 0) is 12.1 Å². The lowest BCUT2D eigenvalue weighted by Gasteiger charge is -2.10. The molecular weight excluding hydrogens is 288 g/mol. The SMILES string of the molecule is O=C(NC1C=CS(=O)(=O)C1)c1cccc([N+](=O)[O-])c1O. The van der Waals surface area contributed by atoms with E-state index in [0.717, 1.165) is 11.5 Å². The lowest BCUT2D eigenvalue weighted by Crippen LogP contribution is -2.35. The minimum atomic E-state index is -3.32. The number of phenols is 1. The molecule has 1 amide bonds. The van der Waals surface area contributed by atoms with Gasteiger partial charge in [-0.25, -0.2) is 8.42 Å². The number of aromatic hydroxyl groups is 1. The first kappa shape index (κ1) is 14.0. The van der Waals surface area contributed by atoms with E-state index >= 15 is 0 Å². The molecule has 20 heavy (non-hydrogen) atoms. The standard InChI is InChI=1S/C11H10N2O6S/c14-10-8(2-1-3-9(10)13(16)17)11(15)12-7-4-5-20(18,19)6-7/h1-5,7,14H,6H2,(H,12,15). The van der Waals surface area contributed by atoms with E-state index in [1.807, 2.05) is 0 Å². The molecule has 0 spiro atoms. The van der Waals surface area contributed by atoms with Crippen molar-refractivity contribution in [2.45, 2.75) is 6.04 Å². The van der Waals surface area contributed by atoms with E-state index < -0.39 is 38.1 Å². The lowest BCUT2D eigenvalue weighted by molar-refractivity contribution is -0.385. The number of nitrogens with one attached hydrogen (secondary N) is 1. The van der Waals surface area contributed by atoms with Crippen molar-refractivity contribution >= 4 is 21.4 Å². The summed E-state index contributed by atoms with van der Waals surface area (Å²) in [6.45, 7) is 0. The van der Waals surface area contributed by atoms with E-state index in [2.05, 4.69) is 5.32 Å². The molecule has 1 aromatic rings. The molecule has 0 aliphatic carbocycles. The molecule has 1 unspecified atom stereocenters. The molecule has 8 nitrogen and oxygen atoms in total. The lowest BCUT2D eigenvalue weighted by atomic mass is 10.1. The fourth-order valence-electron chi connectivity index (χ4n) is 1.77. The molecule has 1 aliphatic rings. The first-order valence-electron chi connectivity index (χ1n) is 5.48. The highest BCUT2D eigenvalue weighted by Gasteiger charge is 2.26. The van der Waals surface area contributed by atoms with Crippen molar-refractivity contribution in [1.29, 1.82) is 0 Å². The van der Waals surface area contributed by atoms with Crippen LogP contribution in [0.3, 0.4) is 0 Å². The van der Waals surface area contributed by atoms with E-state index in [9.17, 15) is 28.4 Å². The summed E-state index contributed by atoms with van der Waals surface area (Å²) < 4.78 is 22.4. The zero-order valence-corrected chi connectivity index (χ0v) is 10.8. The number of hydrogen-bond acceptors (Lipinski definition) is 6. The molecule has 0 fully saturated rings. The van der Waals surface area contributed by atoms with Gasteiger partial charge >= 0.3 is 5.69 Å². The Hall–Kier alpha value is -2.42. The van der Waals surface area contributed by atoms with Crippen LogP contribution >= 0.6 is 0 Å². The van der Waals surface area contributed by atoms with E-state index in [0.29, 0.717) is 0 Å². The summed E-state index contributed by atoms with van der Waals surface area (Å²) in [5.74, 6) is -1.80. The summed E-state index contributed by atoms with van der Waals surface area (Å²) in [5.41, 5.74) is -0.871. The Kier molecular flexibility index (Phi) is 3.45. The zero-order chi connectivity index (χ0) is 14.9. The molecule has 1 heterocycles. The van der Waals surface area contributed by atoms with Gasteiger partial charge in [-0.2, -0.15) is 0 Å². The number of nitro groups is 1. The summed E-state index contributed by atoms with van der Waals surface area (Å²) in [4.78, 5) is 21.7. The zero-order valence-electron chi connectivity index (χ0n) is 10.0. The van der Waals surface area contributed by atoms with Gasteiger partial charge in [0, 0.05) is 11.5 Å². The molecule has 1 aromatic carbocycles. The molecule has 1 aliphatic heterocycles. The molecule has 106 valence electrons. The van der Waals surface area contributed by atoms with Crippen LogP contribution in [0.2, 0.25) is 0 Å². The van der Waals surface area contributed by atoms with Gasteiger partial charge < -0.3 is 10.4 Å². The highest BCUT2D eigenvalue weighted by atomic mass is 32.2. The number of phenolic OH excluding ortho intramolecular Hbond substituents is 1. The smallest absolute Gasteiger partial charge is 0.311 e. The number of carbonyl (C=O) groups is 1. The first-order valence-corrected chi connectivity index (χ1v) is 7.20. The minimum absolute atomic E-state index is 0.269. The van der Waals surface area contributed by atoms with Gasteiger partial charge in [0.1, 0.15) is 0 Å². The second kappa shape index (κ2) is 4.93. The number of rotatable bonds is 3. The number of nitrogens with zero attached hydrogens (tertiary/aromatic N) is 1. The number of benzene rings is 1. The van der Waals surface area contributed by atoms with Crippen LogP contribution in [0.5, 0.6) is 5.75 Å². The number of hydrogen-bond donors (Lipinski definition) is 2. The van der Waals surface area contributed by atoms with Crippen LogP contribution in [0.4, 0.5) is 5.69 Å². The van der Waals surface area contributed by atoms with Gasteiger partial charge in [-0.15, -0.1) is 0 Å². The molecule has 0 aromatic heterocycles. The minimum Gasteiger partial charge on any atom is -0.502 e. The average molecular weight is 298 g/mol. The van der Waals surface area contributed by atoms with Gasteiger partial charge in [0.15, 0.2) is 9.84 Å². The van der Waals surface area contributed by atoms with E-state index in [-0.39, 0.29) is 11.3 Å². The van der Waals surface area contributed by atoms with Crippen molar-refractivity contribution in [3.05, 3.63) is 45.4 Å². The molecule has 0 saturated heterocycles. The highest BCUT2D eigenvalue weighted by molar-refractivity contribution is 7.94. The summed E-state index contributed by atoms with van der Waals surface area (Å²) in [6, 6.07) is 2.82. The van der Waals surface area contributed by atoms with Crippen molar-refractivity contribution in [1.82, 2.24) is 5.32 Å². The summed E-state index contributed by atoms with van der Waals surface area (Å²) >= 11 is 0. The van der Waals surface area contributed by atoms with Gasteiger partial charge in [-0.1, -0.05) is 6.07 Å². The number of para-hydroxylation sites is 1. The largest absolute Gasteiger partial charge is 0.502 e. The Labute approximate surface area is 113 Å². The fraction of sp³-hybridized carbons (Fsp3) is 0.182. The third-order valence-electron chi connectivity index (χ3n) is 2.70. The number of nitro benzene ring substituents is 1. The van der Waals surface area contributed by atoms with Crippen molar-refractivity contribution in [2.75, 3.05) is 5.75 Å². The maximum absolute atomic E-state index is 11.9. The molecule has 2 rings (SSSR count). The maximum atomic E-state index is 11.9. The second-order valence-corrected chi connectivity index (χ2v) is 6.10. The molecule has 1 atom stereocenters. The Bertz CT molecular complexity index is 710. The molecule has 2 N–H and O–H groups in total. The van der Waals surface area contributed by atoms with Crippen molar-refractivity contribution in [3.63, 3.8) is 0 Å². The summed E-state index contributed by atoms with van der Waals surface area (Å²) in [5, 5.41) is 23.7. The molecule has 0 radical (unpaired) electrons. The quantitative estimate of drug-likeness (QED) is 0.612. The van der Waals surface area contributed by atoms with Gasteiger partial charge in [0.2, 0.25) is 5.75 Å². The van der Waals surface area contributed by atoms with Crippen molar-refractivity contribution < 1.29 is 23.2 Å². The fourth-order valence-corrected chi connectivity index (χ4v) is 3.01. The van der Waals surface area contributed by atoms with Crippen LogP contribution < -0.4 is 5.32 Å². The maximum Gasteiger partial charge on any atom is 0.311 e. The van der Waals surface area contributed by atoms with Crippen molar-refractivity contribution in [2.24, 2.45) is 0 Å². The van der Waals surface area contributed by atoms with E-state index in [1.54, 1.807) is 0 Å². The predicted octanol–water partition coefficient (Wildman–Crippen LogP) is 0.341.